The summed E-state index contributed by atoms with van der Waals surface area (Å²) in [5.74, 6) is 0.828. The fourth-order valence-corrected chi connectivity index (χ4v) is 2.57. The maximum atomic E-state index is 10.2. The number of hydrogen-bond acceptors (Lipinski definition) is 3. The lowest BCUT2D eigenvalue weighted by atomic mass is 9.99. The highest BCUT2D eigenvalue weighted by Gasteiger charge is 2.12. The van der Waals surface area contributed by atoms with E-state index in [1.54, 1.807) is 18.4 Å². The molecule has 0 amide bonds. The summed E-state index contributed by atoms with van der Waals surface area (Å²) in [5, 5.41) is 14.3. The van der Waals surface area contributed by atoms with Gasteiger partial charge in [-0.05, 0) is 52.6 Å². The zero-order valence-corrected chi connectivity index (χ0v) is 10.8. The van der Waals surface area contributed by atoms with Gasteiger partial charge in [-0.2, -0.15) is 11.3 Å². The van der Waals surface area contributed by atoms with Crippen LogP contribution in [0.1, 0.15) is 22.8 Å². The minimum absolute atomic E-state index is 0.449. The van der Waals surface area contributed by atoms with Crippen molar-refractivity contribution in [2.75, 3.05) is 7.11 Å². The van der Waals surface area contributed by atoms with Gasteiger partial charge in [0.25, 0.3) is 0 Å². The van der Waals surface area contributed by atoms with Gasteiger partial charge in [0.05, 0.1) is 13.2 Å². The third-order valence-corrected chi connectivity index (χ3v) is 3.58. The summed E-state index contributed by atoms with van der Waals surface area (Å²) in [6, 6.07) is 7.82. The third-order valence-electron chi connectivity index (χ3n) is 2.85. The predicted octanol–water partition coefficient (Wildman–Crippen LogP) is 3.34. The lowest BCUT2D eigenvalue weighted by Gasteiger charge is -2.14. The van der Waals surface area contributed by atoms with Crippen molar-refractivity contribution in [1.29, 1.82) is 0 Å². The molecule has 0 bridgehead atoms. The summed E-state index contributed by atoms with van der Waals surface area (Å²) in [6.45, 7) is 1.99. The van der Waals surface area contributed by atoms with Crippen LogP contribution in [-0.4, -0.2) is 12.2 Å². The first kappa shape index (κ1) is 12.1. The van der Waals surface area contributed by atoms with E-state index in [4.69, 9.17) is 4.74 Å². The van der Waals surface area contributed by atoms with Crippen molar-refractivity contribution in [2.24, 2.45) is 0 Å². The Balaban J connectivity index is 2.16. The first-order chi connectivity index (χ1) is 8.20. The van der Waals surface area contributed by atoms with Crippen molar-refractivity contribution >= 4 is 11.3 Å². The molecule has 0 aliphatic heterocycles. The van der Waals surface area contributed by atoms with E-state index in [0.29, 0.717) is 6.42 Å². The molecule has 1 unspecified atom stereocenters. The molecule has 2 nitrogen and oxygen atoms in total. The van der Waals surface area contributed by atoms with Gasteiger partial charge in [0.2, 0.25) is 0 Å². The van der Waals surface area contributed by atoms with E-state index in [-0.39, 0.29) is 0 Å². The van der Waals surface area contributed by atoms with Crippen LogP contribution in [0.4, 0.5) is 0 Å². The molecule has 0 fully saturated rings. The Morgan fingerprint density at radius 2 is 2.18 bits per heavy atom. The molecule has 0 aliphatic carbocycles. The molecular weight excluding hydrogens is 232 g/mol. The number of benzene rings is 1. The number of aliphatic hydroxyl groups excluding tert-OH is 1. The van der Waals surface area contributed by atoms with Gasteiger partial charge < -0.3 is 9.84 Å². The lowest BCUT2D eigenvalue weighted by Crippen LogP contribution is -2.03. The van der Waals surface area contributed by atoms with Crippen molar-refractivity contribution in [3.63, 3.8) is 0 Å². The normalized spacial score (nSPS) is 12.4. The second-order valence-electron chi connectivity index (χ2n) is 4.07. The van der Waals surface area contributed by atoms with Crippen molar-refractivity contribution in [3.05, 3.63) is 51.7 Å². The molecule has 0 saturated carbocycles. The Bertz CT molecular complexity index is 477. The topological polar surface area (TPSA) is 29.5 Å². The van der Waals surface area contributed by atoms with Crippen LogP contribution in [-0.2, 0) is 6.42 Å². The zero-order valence-electron chi connectivity index (χ0n) is 10.0. The van der Waals surface area contributed by atoms with Gasteiger partial charge in [-0.25, -0.2) is 0 Å². The second-order valence-corrected chi connectivity index (χ2v) is 4.85. The van der Waals surface area contributed by atoms with Crippen LogP contribution in [0, 0.1) is 6.92 Å². The minimum Gasteiger partial charge on any atom is -0.497 e. The molecule has 2 aromatic rings. The highest BCUT2D eigenvalue weighted by Crippen LogP contribution is 2.25. The first-order valence-corrected chi connectivity index (χ1v) is 6.48. The maximum Gasteiger partial charge on any atom is 0.119 e. The Labute approximate surface area is 105 Å². The molecule has 1 atom stereocenters. The van der Waals surface area contributed by atoms with E-state index in [1.807, 2.05) is 36.6 Å². The van der Waals surface area contributed by atoms with Gasteiger partial charge in [0, 0.05) is 6.42 Å². The SMILES string of the molecule is COc1ccc(C(O)Cc2ccsc2)c(C)c1. The Morgan fingerprint density at radius 3 is 2.76 bits per heavy atom. The number of aryl methyl sites for hydroxylation is 1. The van der Waals surface area contributed by atoms with Crippen LogP contribution in [0.3, 0.4) is 0 Å². The Morgan fingerprint density at radius 1 is 1.35 bits per heavy atom. The van der Waals surface area contributed by atoms with Crippen molar-refractivity contribution in [2.45, 2.75) is 19.4 Å². The summed E-state index contributed by atoms with van der Waals surface area (Å²) in [5.41, 5.74) is 3.21. The number of methoxy groups -OCH3 is 1. The summed E-state index contributed by atoms with van der Waals surface area (Å²) >= 11 is 1.66. The van der Waals surface area contributed by atoms with E-state index in [9.17, 15) is 5.11 Å². The minimum atomic E-state index is -0.449. The lowest BCUT2D eigenvalue weighted by molar-refractivity contribution is 0.178. The van der Waals surface area contributed by atoms with Crippen molar-refractivity contribution < 1.29 is 9.84 Å². The van der Waals surface area contributed by atoms with Crippen LogP contribution in [0.2, 0.25) is 0 Å². The average Bonchev–Trinajstić information content (AvgIpc) is 2.81. The molecule has 0 aliphatic rings. The molecule has 1 aromatic carbocycles. The van der Waals surface area contributed by atoms with E-state index in [2.05, 4.69) is 5.38 Å². The number of hydrogen-bond donors (Lipinski definition) is 1. The van der Waals surface area contributed by atoms with Crippen molar-refractivity contribution in [3.8, 4) is 5.75 Å². The molecule has 1 heterocycles. The van der Waals surface area contributed by atoms with Gasteiger partial charge in [0.15, 0.2) is 0 Å². The summed E-state index contributed by atoms with van der Waals surface area (Å²) < 4.78 is 5.16. The number of rotatable bonds is 4. The molecule has 1 N–H and O–H groups in total. The quantitative estimate of drug-likeness (QED) is 0.899. The first-order valence-electron chi connectivity index (χ1n) is 5.54. The highest BCUT2D eigenvalue weighted by molar-refractivity contribution is 7.07. The van der Waals surface area contributed by atoms with Crippen LogP contribution < -0.4 is 4.74 Å². The van der Waals surface area contributed by atoms with Gasteiger partial charge in [-0.1, -0.05) is 6.07 Å². The molecule has 1 aromatic heterocycles. The molecule has 2 rings (SSSR count). The summed E-state index contributed by atoms with van der Waals surface area (Å²) in [7, 11) is 1.65. The largest absolute Gasteiger partial charge is 0.497 e. The Kier molecular flexibility index (Phi) is 3.82. The molecule has 17 heavy (non-hydrogen) atoms. The number of aliphatic hydroxyl groups is 1. The number of thiophene rings is 1. The van der Waals surface area contributed by atoms with Gasteiger partial charge >= 0.3 is 0 Å². The van der Waals surface area contributed by atoms with Gasteiger partial charge in [-0.3, -0.25) is 0 Å². The number of ether oxygens (including phenoxy) is 1. The van der Waals surface area contributed by atoms with E-state index in [0.717, 1.165) is 16.9 Å². The molecule has 3 heteroatoms. The van der Waals surface area contributed by atoms with Crippen LogP contribution in [0.25, 0.3) is 0 Å². The molecule has 90 valence electrons. The van der Waals surface area contributed by atoms with E-state index < -0.39 is 6.10 Å². The average molecular weight is 248 g/mol. The van der Waals surface area contributed by atoms with Crippen LogP contribution in [0.5, 0.6) is 5.75 Å². The monoisotopic (exact) mass is 248 g/mol. The van der Waals surface area contributed by atoms with E-state index in [1.165, 1.54) is 5.56 Å². The van der Waals surface area contributed by atoms with Crippen LogP contribution in [0.15, 0.2) is 35.0 Å². The standard InChI is InChI=1S/C14H16O2S/c1-10-7-12(16-2)3-4-13(10)14(15)8-11-5-6-17-9-11/h3-7,9,14-15H,8H2,1-2H3. The summed E-state index contributed by atoms with van der Waals surface area (Å²) in [4.78, 5) is 0. The van der Waals surface area contributed by atoms with Gasteiger partial charge in [0.1, 0.15) is 5.75 Å². The zero-order chi connectivity index (χ0) is 12.3. The summed E-state index contributed by atoms with van der Waals surface area (Å²) in [6.07, 6.45) is 0.215. The van der Waals surface area contributed by atoms with Gasteiger partial charge in [-0.15, -0.1) is 0 Å². The second kappa shape index (κ2) is 5.34. The smallest absolute Gasteiger partial charge is 0.119 e. The highest BCUT2D eigenvalue weighted by atomic mass is 32.1. The fraction of sp³-hybridized carbons (Fsp3) is 0.286. The molecule has 0 radical (unpaired) electrons. The molecule has 0 saturated heterocycles. The predicted molar refractivity (Wildman–Crippen MR) is 70.7 cm³/mol. The molecular formula is C14H16O2S. The molecule has 0 spiro atoms. The third kappa shape index (κ3) is 2.87. The van der Waals surface area contributed by atoms with Crippen LogP contribution >= 0.6 is 11.3 Å². The van der Waals surface area contributed by atoms with E-state index >= 15 is 0 Å². The fourth-order valence-electron chi connectivity index (χ4n) is 1.89. The maximum absolute atomic E-state index is 10.2. The van der Waals surface area contributed by atoms with Crippen molar-refractivity contribution in [1.82, 2.24) is 0 Å². The Hall–Kier alpha value is -1.32.